The van der Waals surface area contributed by atoms with Crippen LogP contribution in [0.5, 0.6) is 0 Å². The molecule has 1 amide bonds. The molecule has 0 aliphatic rings. The molecule has 18 heavy (non-hydrogen) atoms. The van der Waals surface area contributed by atoms with Gasteiger partial charge in [0.05, 0.1) is 6.04 Å². The van der Waals surface area contributed by atoms with Crippen LogP contribution in [-0.2, 0) is 0 Å². The molecule has 2 N–H and O–H groups in total. The Balaban J connectivity index is 2.64. The summed E-state index contributed by atoms with van der Waals surface area (Å²) in [5, 5.41) is 0. The standard InChI is InChI=1S/C15H20N2O/c1-5-9-13(15(2,3)4)16-17-14(18)12-10-7-6-8-11-12/h6-11,13,16H,1H2,2-4H3,(H,17,18). The molecule has 0 saturated carbocycles. The maximum absolute atomic E-state index is 11.9. The van der Waals surface area contributed by atoms with Crippen LogP contribution in [0.2, 0.25) is 0 Å². The monoisotopic (exact) mass is 244 g/mol. The lowest BCUT2D eigenvalue weighted by Gasteiger charge is -2.28. The lowest BCUT2D eigenvalue weighted by molar-refractivity contribution is 0.0917. The summed E-state index contributed by atoms with van der Waals surface area (Å²) in [6.45, 7) is 9.80. The Bertz CT molecular complexity index is 439. The molecule has 1 aromatic rings. The highest BCUT2D eigenvalue weighted by Gasteiger charge is 2.22. The molecule has 1 rings (SSSR count). The number of benzene rings is 1. The number of carbonyl (C=O) groups is 1. The van der Waals surface area contributed by atoms with Crippen molar-refractivity contribution in [1.29, 1.82) is 0 Å². The number of hydrogen-bond acceptors (Lipinski definition) is 2. The summed E-state index contributed by atoms with van der Waals surface area (Å²) in [6.07, 6.45) is 1.81. The van der Waals surface area contributed by atoms with Crippen LogP contribution in [0, 0.1) is 5.41 Å². The Morgan fingerprint density at radius 2 is 1.94 bits per heavy atom. The van der Waals surface area contributed by atoms with Crippen molar-refractivity contribution in [2.75, 3.05) is 0 Å². The minimum atomic E-state index is -0.151. The van der Waals surface area contributed by atoms with E-state index in [0.29, 0.717) is 5.56 Å². The van der Waals surface area contributed by atoms with Gasteiger partial charge in [-0.1, -0.05) is 45.5 Å². The lowest BCUT2D eigenvalue weighted by atomic mass is 9.87. The second kappa shape index (κ2) is 6.20. The summed E-state index contributed by atoms with van der Waals surface area (Å²) in [7, 11) is 0. The Labute approximate surface area is 109 Å². The zero-order valence-electron chi connectivity index (χ0n) is 11.2. The van der Waals surface area contributed by atoms with Crippen LogP contribution in [0.25, 0.3) is 0 Å². The minimum Gasteiger partial charge on any atom is -0.287 e. The average molecular weight is 244 g/mol. The zero-order chi connectivity index (χ0) is 13.6. The molecular formula is C15H20N2O. The molecule has 1 aromatic carbocycles. The van der Waals surface area contributed by atoms with Gasteiger partial charge in [0.1, 0.15) is 0 Å². The van der Waals surface area contributed by atoms with Crippen LogP contribution in [0.4, 0.5) is 0 Å². The molecular weight excluding hydrogens is 224 g/mol. The predicted molar refractivity (Wildman–Crippen MR) is 74.0 cm³/mol. The minimum absolute atomic E-state index is 0.0253. The van der Waals surface area contributed by atoms with Gasteiger partial charge in [-0.15, -0.1) is 5.73 Å². The summed E-state index contributed by atoms with van der Waals surface area (Å²) >= 11 is 0. The lowest BCUT2D eigenvalue weighted by Crippen LogP contribution is -2.49. The van der Waals surface area contributed by atoms with E-state index < -0.39 is 0 Å². The molecule has 0 spiro atoms. The van der Waals surface area contributed by atoms with Gasteiger partial charge >= 0.3 is 0 Å². The van der Waals surface area contributed by atoms with E-state index in [9.17, 15) is 4.79 Å². The molecule has 1 unspecified atom stereocenters. The summed E-state index contributed by atoms with van der Waals surface area (Å²) in [5.41, 5.74) is 9.04. The van der Waals surface area contributed by atoms with E-state index >= 15 is 0 Å². The van der Waals surface area contributed by atoms with Crippen molar-refractivity contribution in [3.63, 3.8) is 0 Å². The Morgan fingerprint density at radius 3 is 2.44 bits per heavy atom. The third kappa shape index (κ3) is 4.21. The Morgan fingerprint density at radius 1 is 1.33 bits per heavy atom. The van der Waals surface area contributed by atoms with Crippen molar-refractivity contribution in [2.45, 2.75) is 26.8 Å². The third-order valence-electron chi connectivity index (χ3n) is 2.59. The van der Waals surface area contributed by atoms with Crippen LogP contribution in [0.3, 0.4) is 0 Å². The number of hydrogen-bond donors (Lipinski definition) is 2. The van der Waals surface area contributed by atoms with Gasteiger partial charge in [0, 0.05) is 5.56 Å². The van der Waals surface area contributed by atoms with Crippen molar-refractivity contribution >= 4 is 5.91 Å². The van der Waals surface area contributed by atoms with Crippen LogP contribution in [-0.4, -0.2) is 11.9 Å². The number of carbonyl (C=O) groups excluding carboxylic acids is 1. The maximum atomic E-state index is 11.9. The predicted octanol–water partition coefficient (Wildman–Crippen LogP) is 2.68. The largest absolute Gasteiger partial charge is 0.287 e. The summed E-state index contributed by atoms with van der Waals surface area (Å²) < 4.78 is 0. The van der Waals surface area contributed by atoms with Crippen LogP contribution >= 0.6 is 0 Å². The first-order valence-electron chi connectivity index (χ1n) is 5.92. The molecule has 0 radical (unpaired) electrons. The van der Waals surface area contributed by atoms with Crippen molar-refractivity contribution in [2.24, 2.45) is 5.41 Å². The molecule has 1 atom stereocenters. The van der Waals surface area contributed by atoms with Gasteiger partial charge in [0.25, 0.3) is 5.91 Å². The second-order valence-electron chi connectivity index (χ2n) is 5.18. The van der Waals surface area contributed by atoms with Crippen molar-refractivity contribution in [3.8, 4) is 0 Å². The first kappa shape index (κ1) is 14.2. The molecule has 96 valence electrons. The molecule has 0 saturated heterocycles. The zero-order valence-corrected chi connectivity index (χ0v) is 11.2. The molecule has 0 aromatic heterocycles. The smallest absolute Gasteiger partial charge is 0.265 e. The fourth-order valence-electron chi connectivity index (χ4n) is 1.43. The quantitative estimate of drug-likeness (QED) is 0.631. The van der Waals surface area contributed by atoms with Crippen molar-refractivity contribution in [1.82, 2.24) is 10.9 Å². The highest BCUT2D eigenvalue weighted by atomic mass is 16.2. The van der Waals surface area contributed by atoms with E-state index in [1.807, 2.05) is 24.3 Å². The van der Waals surface area contributed by atoms with Gasteiger partial charge in [-0.25, -0.2) is 5.43 Å². The van der Waals surface area contributed by atoms with Crippen LogP contribution in [0.1, 0.15) is 31.1 Å². The average Bonchev–Trinajstić information content (AvgIpc) is 2.33. The number of amides is 1. The van der Waals surface area contributed by atoms with E-state index in [-0.39, 0.29) is 17.4 Å². The van der Waals surface area contributed by atoms with E-state index in [2.05, 4.69) is 43.9 Å². The fraction of sp³-hybridized carbons (Fsp3) is 0.333. The van der Waals surface area contributed by atoms with E-state index in [1.54, 1.807) is 12.1 Å². The highest BCUT2D eigenvalue weighted by molar-refractivity contribution is 5.93. The van der Waals surface area contributed by atoms with Gasteiger partial charge in [-0.05, 0) is 23.6 Å². The number of nitrogens with one attached hydrogen (secondary N) is 2. The molecule has 0 aliphatic carbocycles. The molecule has 3 heteroatoms. The van der Waals surface area contributed by atoms with Crippen molar-refractivity contribution < 1.29 is 4.79 Å². The fourth-order valence-corrected chi connectivity index (χ4v) is 1.43. The van der Waals surface area contributed by atoms with E-state index in [4.69, 9.17) is 0 Å². The van der Waals surface area contributed by atoms with Gasteiger partial charge in [0.15, 0.2) is 0 Å². The summed E-state index contributed by atoms with van der Waals surface area (Å²) in [5.74, 6) is -0.151. The molecule has 0 bridgehead atoms. The van der Waals surface area contributed by atoms with Gasteiger partial charge in [-0.3, -0.25) is 10.2 Å². The Hall–Kier alpha value is -1.83. The number of rotatable bonds is 4. The Kier molecular flexibility index (Phi) is 4.90. The van der Waals surface area contributed by atoms with E-state index in [1.165, 1.54) is 0 Å². The highest BCUT2D eigenvalue weighted by Crippen LogP contribution is 2.19. The molecule has 3 nitrogen and oxygen atoms in total. The SMILES string of the molecule is C=C=CC(NNC(=O)c1ccccc1)C(C)(C)C. The van der Waals surface area contributed by atoms with Crippen LogP contribution in [0.15, 0.2) is 48.7 Å². The molecule has 0 aliphatic heterocycles. The summed E-state index contributed by atoms with van der Waals surface area (Å²) in [6, 6.07) is 9.06. The number of hydrazine groups is 1. The first-order chi connectivity index (χ1) is 8.45. The topological polar surface area (TPSA) is 41.1 Å². The van der Waals surface area contributed by atoms with E-state index in [0.717, 1.165) is 0 Å². The van der Waals surface area contributed by atoms with Gasteiger partial charge in [-0.2, -0.15) is 0 Å². The van der Waals surface area contributed by atoms with Crippen molar-refractivity contribution in [3.05, 3.63) is 54.3 Å². The second-order valence-corrected chi connectivity index (χ2v) is 5.18. The first-order valence-corrected chi connectivity index (χ1v) is 5.92. The molecule has 0 heterocycles. The maximum Gasteiger partial charge on any atom is 0.265 e. The normalized spacial score (nSPS) is 12.4. The van der Waals surface area contributed by atoms with Gasteiger partial charge in [0.2, 0.25) is 0 Å². The molecule has 0 fully saturated rings. The van der Waals surface area contributed by atoms with Crippen LogP contribution < -0.4 is 10.9 Å². The summed E-state index contributed by atoms with van der Waals surface area (Å²) in [4.78, 5) is 11.9. The van der Waals surface area contributed by atoms with Gasteiger partial charge < -0.3 is 0 Å². The third-order valence-corrected chi connectivity index (χ3v) is 2.59.